The van der Waals surface area contributed by atoms with Gasteiger partial charge in [-0.1, -0.05) is 29.8 Å². The molecule has 0 aliphatic rings. The van der Waals surface area contributed by atoms with E-state index in [1.807, 2.05) is 30.3 Å². The molecule has 2 heterocycles. The topological polar surface area (TPSA) is 17.5 Å². The van der Waals surface area contributed by atoms with E-state index in [4.69, 9.17) is 16.3 Å². The summed E-state index contributed by atoms with van der Waals surface area (Å²) in [7, 11) is 1.68. The van der Waals surface area contributed by atoms with Gasteiger partial charge in [-0.05, 0) is 48.0 Å². The van der Waals surface area contributed by atoms with Crippen molar-refractivity contribution >= 4 is 17.2 Å². The highest BCUT2D eigenvalue weighted by Gasteiger charge is 2.17. The van der Waals surface area contributed by atoms with E-state index in [0.717, 1.165) is 34.2 Å². The molecule has 0 amide bonds. The molecule has 2 aromatic heterocycles. The summed E-state index contributed by atoms with van der Waals surface area (Å²) in [4.78, 5) is 0. The number of hydrogen-bond donors (Lipinski definition) is 0. The molecule has 0 bridgehead atoms. The zero-order chi connectivity index (χ0) is 17.2. The smallest absolute Gasteiger partial charge is 0.286 e. The monoisotopic (exact) mass is 428 g/mol. The number of halogens is 2. The van der Waals surface area contributed by atoms with Gasteiger partial charge in [0.2, 0.25) is 0 Å². The summed E-state index contributed by atoms with van der Waals surface area (Å²) >= 11 is 6.03. The van der Waals surface area contributed by atoms with Crippen LogP contribution in [0.15, 0.2) is 79.1 Å². The molecule has 0 N–H and O–H groups in total. The van der Waals surface area contributed by atoms with Crippen LogP contribution in [-0.4, -0.2) is 11.5 Å². The van der Waals surface area contributed by atoms with Crippen molar-refractivity contribution in [1.29, 1.82) is 0 Å². The fourth-order valence-electron chi connectivity index (χ4n) is 3.04. The normalized spacial score (nSPS) is 10.5. The Balaban J connectivity index is 0.00000196. The molecule has 0 saturated heterocycles. The zero-order valence-electron chi connectivity index (χ0n) is 14.3. The number of nitrogens with zero attached hydrogens (tertiary/aromatic N) is 2. The van der Waals surface area contributed by atoms with E-state index in [2.05, 4.69) is 57.8 Å². The average Bonchev–Trinajstić information content (AvgIpc) is 3.02. The Kier molecular flexibility index (Phi) is 5.64. The molecule has 0 fully saturated rings. The first-order chi connectivity index (χ1) is 12.2. The van der Waals surface area contributed by atoms with Crippen LogP contribution in [0.4, 0.5) is 0 Å². The Labute approximate surface area is 168 Å². The van der Waals surface area contributed by atoms with Gasteiger partial charge >= 0.3 is 0 Å². The van der Waals surface area contributed by atoms with Gasteiger partial charge < -0.3 is 21.7 Å². The van der Waals surface area contributed by atoms with Crippen LogP contribution < -0.4 is 26.3 Å². The molecule has 0 aliphatic heterocycles. The summed E-state index contributed by atoms with van der Waals surface area (Å²) in [5.74, 6) is 0.873. The summed E-state index contributed by atoms with van der Waals surface area (Å²) in [6, 6.07) is 22.4. The highest BCUT2D eigenvalue weighted by molar-refractivity contribution is 6.30. The largest absolute Gasteiger partial charge is 1.00 e. The first-order valence-corrected chi connectivity index (χ1v) is 8.51. The Morgan fingerprint density at radius 3 is 2.38 bits per heavy atom. The maximum atomic E-state index is 6.03. The Morgan fingerprint density at radius 2 is 1.69 bits per heavy atom. The second-order valence-corrected chi connectivity index (χ2v) is 6.36. The van der Waals surface area contributed by atoms with E-state index in [9.17, 15) is 0 Å². The average molecular weight is 430 g/mol. The van der Waals surface area contributed by atoms with Crippen molar-refractivity contribution in [3.05, 3.63) is 89.7 Å². The standard InChI is InChI=1S/C21H18ClN2O.BrH/c1-25-19-11-5-16(6-12-19)14-23-15-20(17-7-9-18(22)10-8-17)24-13-3-2-4-21(23)24;/h2-13,15H,14H2,1H3;1H/q+1;/p-1. The maximum Gasteiger partial charge on any atom is 0.286 e. The number of fused-ring (bicyclic) bond motifs is 1. The van der Waals surface area contributed by atoms with Crippen LogP contribution in [0.3, 0.4) is 0 Å². The molecule has 0 saturated carbocycles. The lowest BCUT2D eigenvalue weighted by molar-refractivity contribution is -0.661. The summed E-state index contributed by atoms with van der Waals surface area (Å²) in [6.07, 6.45) is 4.27. The van der Waals surface area contributed by atoms with Gasteiger partial charge in [-0.3, -0.25) is 0 Å². The number of rotatable bonds is 4. The molecule has 0 unspecified atom stereocenters. The predicted molar refractivity (Wildman–Crippen MR) is 100 cm³/mol. The fraction of sp³-hybridized carbons (Fsp3) is 0.0952. The van der Waals surface area contributed by atoms with Crippen LogP contribution in [-0.2, 0) is 6.54 Å². The van der Waals surface area contributed by atoms with E-state index in [1.54, 1.807) is 7.11 Å². The molecule has 0 spiro atoms. The third-order valence-electron chi connectivity index (χ3n) is 4.32. The third kappa shape index (κ3) is 3.62. The van der Waals surface area contributed by atoms with Crippen molar-refractivity contribution in [2.45, 2.75) is 6.54 Å². The summed E-state index contributed by atoms with van der Waals surface area (Å²) in [5.41, 5.74) is 4.65. The van der Waals surface area contributed by atoms with Crippen LogP contribution in [0.1, 0.15) is 5.56 Å². The summed E-state index contributed by atoms with van der Waals surface area (Å²) in [6.45, 7) is 0.797. The van der Waals surface area contributed by atoms with Gasteiger partial charge in [0.25, 0.3) is 5.65 Å². The van der Waals surface area contributed by atoms with Gasteiger partial charge in [0.05, 0.1) is 13.3 Å². The molecule has 4 aromatic rings. The summed E-state index contributed by atoms with van der Waals surface area (Å²) in [5, 5.41) is 0.746. The van der Waals surface area contributed by atoms with Crippen LogP contribution in [0.2, 0.25) is 5.02 Å². The maximum absolute atomic E-state index is 6.03. The van der Waals surface area contributed by atoms with Gasteiger partial charge in [0.1, 0.15) is 18.5 Å². The van der Waals surface area contributed by atoms with Gasteiger partial charge in [-0.2, -0.15) is 4.40 Å². The van der Waals surface area contributed by atoms with Crippen molar-refractivity contribution in [3.63, 3.8) is 0 Å². The highest BCUT2D eigenvalue weighted by atomic mass is 79.9. The van der Waals surface area contributed by atoms with Gasteiger partial charge in [0.15, 0.2) is 5.69 Å². The number of benzene rings is 2. The van der Waals surface area contributed by atoms with Crippen LogP contribution in [0.25, 0.3) is 16.9 Å². The molecule has 5 heteroatoms. The van der Waals surface area contributed by atoms with Crippen molar-refractivity contribution in [3.8, 4) is 17.0 Å². The number of methoxy groups -OCH3 is 1. The van der Waals surface area contributed by atoms with Crippen molar-refractivity contribution in [2.75, 3.05) is 7.11 Å². The zero-order valence-corrected chi connectivity index (χ0v) is 16.6. The van der Waals surface area contributed by atoms with E-state index in [0.29, 0.717) is 0 Å². The molecule has 0 aliphatic carbocycles. The molecule has 0 atom stereocenters. The first-order valence-electron chi connectivity index (χ1n) is 8.13. The van der Waals surface area contributed by atoms with Crippen molar-refractivity contribution < 1.29 is 26.3 Å². The SMILES string of the molecule is COc1ccc(C[n+]2cc(-c3ccc(Cl)cc3)n3ccccc32)cc1.[Br-]. The first kappa shape index (κ1) is 18.5. The van der Waals surface area contributed by atoms with Crippen LogP contribution in [0.5, 0.6) is 5.75 Å². The van der Waals surface area contributed by atoms with Crippen molar-refractivity contribution in [1.82, 2.24) is 4.40 Å². The van der Waals surface area contributed by atoms with Gasteiger partial charge in [-0.25, -0.2) is 4.57 Å². The number of ether oxygens (including phenoxy) is 1. The molecule has 4 rings (SSSR count). The molecular formula is C21H18BrClN2O. The second kappa shape index (κ2) is 7.94. The predicted octanol–water partition coefficient (Wildman–Crippen LogP) is 1.61. The molecule has 0 radical (unpaired) electrons. The third-order valence-corrected chi connectivity index (χ3v) is 4.57. The van der Waals surface area contributed by atoms with Gasteiger partial charge in [0, 0.05) is 16.7 Å². The van der Waals surface area contributed by atoms with Crippen LogP contribution in [0, 0.1) is 0 Å². The molecule has 26 heavy (non-hydrogen) atoms. The van der Waals surface area contributed by atoms with E-state index in [1.165, 1.54) is 5.56 Å². The lowest BCUT2D eigenvalue weighted by atomic mass is 10.2. The Bertz CT molecular complexity index is 1010. The minimum absolute atomic E-state index is 0. The van der Waals surface area contributed by atoms with E-state index >= 15 is 0 Å². The van der Waals surface area contributed by atoms with E-state index < -0.39 is 0 Å². The summed E-state index contributed by atoms with van der Waals surface area (Å²) < 4.78 is 9.70. The van der Waals surface area contributed by atoms with E-state index in [-0.39, 0.29) is 17.0 Å². The van der Waals surface area contributed by atoms with Crippen LogP contribution >= 0.6 is 11.6 Å². The minimum Gasteiger partial charge on any atom is -1.00 e. The quantitative estimate of drug-likeness (QED) is 0.451. The second-order valence-electron chi connectivity index (χ2n) is 5.93. The molecule has 2 aromatic carbocycles. The molecular weight excluding hydrogens is 412 g/mol. The molecule has 132 valence electrons. The van der Waals surface area contributed by atoms with Gasteiger partial charge in [-0.15, -0.1) is 0 Å². The van der Waals surface area contributed by atoms with Crippen molar-refractivity contribution in [2.24, 2.45) is 0 Å². The number of aromatic nitrogens is 2. The number of hydrogen-bond acceptors (Lipinski definition) is 1. The minimum atomic E-state index is 0. The Morgan fingerprint density at radius 1 is 0.962 bits per heavy atom. The number of pyridine rings is 1. The number of imidazole rings is 1. The highest BCUT2D eigenvalue weighted by Crippen LogP contribution is 2.22. The Hall–Kier alpha value is -2.30. The molecule has 3 nitrogen and oxygen atoms in total. The fourth-order valence-corrected chi connectivity index (χ4v) is 3.16. The lowest BCUT2D eigenvalue weighted by Crippen LogP contribution is -3.00. The lowest BCUT2D eigenvalue weighted by Gasteiger charge is -2.01.